The molecule has 0 unspecified atom stereocenters. The molecule has 0 saturated heterocycles. The SMILES string of the molecule is CCOC(=O)C1=C(c2ccccc2)N=c2s/c(=C\c3cccc(O)c3)c(=O)n2[C@H]1c1ccc(C(C)C)cc1. The predicted octanol–water partition coefficient (Wildman–Crippen LogP) is 4.76. The van der Waals surface area contributed by atoms with Crippen molar-refractivity contribution in [3.63, 3.8) is 0 Å². The Morgan fingerprint density at radius 2 is 1.82 bits per heavy atom. The molecule has 7 heteroatoms. The summed E-state index contributed by atoms with van der Waals surface area (Å²) in [7, 11) is 0. The molecule has 0 saturated carbocycles. The van der Waals surface area contributed by atoms with Crippen molar-refractivity contribution in [1.29, 1.82) is 0 Å². The van der Waals surface area contributed by atoms with E-state index in [-0.39, 0.29) is 17.9 Å². The van der Waals surface area contributed by atoms with Crippen LogP contribution in [-0.4, -0.2) is 22.2 Å². The van der Waals surface area contributed by atoms with E-state index in [4.69, 9.17) is 9.73 Å². The van der Waals surface area contributed by atoms with Crippen molar-refractivity contribution in [1.82, 2.24) is 4.57 Å². The van der Waals surface area contributed by atoms with Crippen LogP contribution in [0, 0.1) is 0 Å². The number of hydrogen-bond donors (Lipinski definition) is 1. The topological polar surface area (TPSA) is 80.9 Å². The highest BCUT2D eigenvalue weighted by molar-refractivity contribution is 7.07. The van der Waals surface area contributed by atoms with Crippen molar-refractivity contribution in [3.8, 4) is 5.75 Å². The Balaban J connectivity index is 1.82. The van der Waals surface area contributed by atoms with E-state index in [2.05, 4.69) is 13.8 Å². The van der Waals surface area contributed by atoms with Crippen LogP contribution >= 0.6 is 11.3 Å². The number of esters is 1. The summed E-state index contributed by atoms with van der Waals surface area (Å²) in [5.41, 5.74) is 3.98. The lowest BCUT2D eigenvalue weighted by Gasteiger charge is -2.26. The molecule has 0 fully saturated rings. The molecule has 2 heterocycles. The fourth-order valence-electron chi connectivity index (χ4n) is 4.58. The molecule has 5 rings (SSSR count). The number of aromatic hydroxyl groups is 1. The summed E-state index contributed by atoms with van der Waals surface area (Å²) in [6.07, 6.45) is 1.73. The first-order valence-corrected chi connectivity index (χ1v) is 13.4. The molecule has 1 aliphatic heterocycles. The Morgan fingerprint density at radius 3 is 2.47 bits per heavy atom. The van der Waals surface area contributed by atoms with E-state index in [1.54, 1.807) is 35.8 Å². The smallest absolute Gasteiger partial charge is 0.338 e. The first-order valence-electron chi connectivity index (χ1n) is 12.5. The monoisotopic (exact) mass is 524 g/mol. The van der Waals surface area contributed by atoms with E-state index in [0.29, 0.717) is 32.1 Å². The van der Waals surface area contributed by atoms with Gasteiger partial charge < -0.3 is 9.84 Å². The van der Waals surface area contributed by atoms with Gasteiger partial charge in [0.15, 0.2) is 4.80 Å². The number of hydrogen-bond acceptors (Lipinski definition) is 6. The predicted molar refractivity (Wildman–Crippen MR) is 150 cm³/mol. The Hall–Kier alpha value is -4.23. The molecule has 4 aromatic rings. The largest absolute Gasteiger partial charge is 0.508 e. The minimum absolute atomic E-state index is 0.116. The zero-order valence-corrected chi connectivity index (χ0v) is 22.2. The summed E-state index contributed by atoms with van der Waals surface area (Å²) in [5.74, 6) is -0.0471. The number of aromatic nitrogens is 1. The first kappa shape index (κ1) is 25.4. The van der Waals surface area contributed by atoms with Gasteiger partial charge in [0.05, 0.1) is 28.5 Å². The number of phenols is 1. The van der Waals surface area contributed by atoms with Crippen LogP contribution in [0.3, 0.4) is 0 Å². The summed E-state index contributed by atoms with van der Waals surface area (Å²) < 4.78 is 7.55. The van der Waals surface area contributed by atoms with Gasteiger partial charge in [-0.3, -0.25) is 9.36 Å². The van der Waals surface area contributed by atoms with E-state index in [1.807, 2.05) is 60.7 Å². The molecular weight excluding hydrogens is 496 g/mol. The van der Waals surface area contributed by atoms with Crippen LogP contribution in [0.2, 0.25) is 0 Å². The maximum Gasteiger partial charge on any atom is 0.338 e. The van der Waals surface area contributed by atoms with Crippen molar-refractivity contribution in [2.75, 3.05) is 6.61 Å². The van der Waals surface area contributed by atoms with Gasteiger partial charge in [0.2, 0.25) is 0 Å². The molecule has 1 aliphatic rings. The van der Waals surface area contributed by atoms with Gasteiger partial charge in [0.1, 0.15) is 5.75 Å². The highest BCUT2D eigenvalue weighted by Crippen LogP contribution is 2.35. The number of carbonyl (C=O) groups is 1. The number of nitrogens with zero attached hydrogens (tertiary/aromatic N) is 2. The fourth-order valence-corrected chi connectivity index (χ4v) is 5.59. The van der Waals surface area contributed by atoms with E-state index in [9.17, 15) is 14.7 Å². The normalized spacial score (nSPS) is 15.4. The summed E-state index contributed by atoms with van der Waals surface area (Å²) in [6, 6.07) is 23.5. The van der Waals surface area contributed by atoms with Gasteiger partial charge in [0, 0.05) is 5.56 Å². The van der Waals surface area contributed by atoms with Crippen LogP contribution in [0.1, 0.15) is 55.0 Å². The summed E-state index contributed by atoms with van der Waals surface area (Å²) in [6.45, 7) is 6.21. The number of fused-ring (bicyclic) bond motifs is 1. The second kappa shape index (κ2) is 10.6. The Kier molecular flexibility index (Phi) is 7.11. The van der Waals surface area contributed by atoms with Gasteiger partial charge >= 0.3 is 5.97 Å². The molecule has 0 aliphatic carbocycles. The van der Waals surface area contributed by atoms with Crippen LogP contribution in [-0.2, 0) is 9.53 Å². The fraction of sp³-hybridized carbons (Fsp3) is 0.194. The average molecular weight is 525 g/mol. The maximum absolute atomic E-state index is 13.9. The molecule has 3 aromatic carbocycles. The van der Waals surface area contributed by atoms with Gasteiger partial charge in [-0.2, -0.15) is 0 Å². The third kappa shape index (κ3) is 4.85. The molecule has 0 spiro atoms. The van der Waals surface area contributed by atoms with E-state index in [1.165, 1.54) is 11.3 Å². The Labute approximate surface area is 224 Å². The first-order chi connectivity index (χ1) is 18.4. The van der Waals surface area contributed by atoms with Crippen molar-refractivity contribution < 1.29 is 14.6 Å². The maximum atomic E-state index is 13.9. The standard InChI is InChI=1S/C31H28N2O4S/c1-4-37-30(36)26-27(22-10-6-5-7-11-22)32-31-33(28(26)23-15-13-21(14-16-23)19(2)3)29(35)25(38-31)18-20-9-8-12-24(34)17-20/h5-19,28,34H,4H2,1-3H3/b25-18-/t28-/m0/s1. The summed E-state index contributed by atoms with van der Waals surface area (Å²) in [4.78, 5) is 32.7. The zero-order valence-electron chi connectivity index (χ0n) is 21.4. The lowest BCUT2D eigenvalue weighted by Crippen LogP contribution is -2.40. The van der Waals surface area contributed by atoms with Crippen molar-refractivity contribution in [2.45, 2.75) is 32.7 Å². The number of thiazole rings is 1. The lowest BCUT2D eigenvalue weighted by atomic mass is 9.91. The zero-order chi connectivity index (χ0) is 26.8. The summed E-state index contributed by atoms with van der Waals surface area (Å²) in [5, 5.41) is 9.91. The molecule has 38 heavy (non-hydrogen) atoms. The molecular formula is C31H28N2O4S. The van der Waals surface area contributed by atoms with Gasteiger partial charge in [-0.05, 0) is 47.7 Å². The molecule has 0 radical (unpaired) electrons. The van der Waals surface area contributed by atoms with Gasteiger partial charge in [-0.1, -0.05) is 91.9 Å². The highest BCUT2D eigenvalue weighted by Gasteiger charge is 2.35. The second-order valence-electron chi connectivity index (χ2n) is 9.35. The van der Waals surface area contributed by atoms with Crippen LogP contribution in [0.15, 0.2) is 94.2 Å². The van der Waals surface area contributed by atoms with E-state index >= 15 is 0 Å². The van der Waals surface area contributed by atoms with Crippen LogP contribution in [0.4, 0.5) is 0 Å². The minimum atomic E-state index is -0.715. The van der Waals surface area contributed by atoms with Crippen molar-refractivity contribution in [3.05, 3.63) is 126 Å². The van der Waals surface area contributed by atoms with Crippen molar-refractivity contribution in [2.24, 2.45) is 4.99 Å². The Bertz CT molecular complexity index is 1700. The molecule has 1 N–H and O–H groups in total. The van der Waals surface area contributed by atoms with Crippen molar-refractivity contribution >= 4 is 29.1 Å². The quantitative estimate of drug-likeness (QED) is 0.369. The van der Waals surface area contributed by atoms with Crippen LogP contribution in [0.25, 0.3) is 11.8 Å². The number of ether oxygens (including phenoxy) is 1. The van der Waals surface area contributed by atoms with Gasteiger partial charge in [-0.25, -0.2) is 9.79 Å². The molecule has 6 nitrogen and oxygen atoms in total. The number of rotatable bonds is 6. The number of benzene rings is 3. The summed E-state index contributed by atoms with van der Waals surface area (Å²) >= 11 is 1.25. The molecule has 0 amide bonds. The van der Waals surface area contributed by atoms with Crippen LogP contribution in [0.5, 0.6) is 5.75 Å². The van der Waals surface area contributed by atoms with E-state index in [0.717, 1.165) is 16.7 Å². The van der Waals surface area contributed by atoms with Crippen LogP contribution < -0.4 is 14.9 Å². The highest BCUT2D eigenvalue weighted by atomic mass is 32.1. The lowest BCUT2D eigenvalue weighted by molar-refractivity contribution is -0.138. The third-order valence-corrected chi connectivity index (χ3v) is 7.44. The third-order valence-electron chi connectivity index (χ3n) is 6.46. The van der Waals surface area contributed by atoms with Gasteiger partial charge in [0.25, 0.3) is 5.56 Å². The number of carbonyl (C=O) groups excluding carboxylic acids is 1. The second-order valence-corrected chi connectivity index (χ2v) is 10.4. The van der Waals surface area contributed by atoms with Gasteiger partial charge in [-0.15, -0.1) is 0 Å². The molecule has 0 bridgehead atoms. The molecule has 1 atom stereocenters. The molecule has 192 valence electrons. The average Bonchev–Trinajstić information content (AvgIpc) is 3.22. The number of phenolic OH excluding ortho intramolecular Hbond substituents is 1. The minimum Gasteiger partial charge on any atom is -0.508 e. The Morgan fingerprint density at radius 1 is 1.08 bits per heavy atom. The molecule has 1 aromatic heterocycles. The van der Waals surface area contributed by atoms with E-state index < -0.39 is 12.0 Å².